The number of aliphatic hydroxyl groups is 2. The van der Waals surface area contributed by atoms with Gasteiger partial charge in [0.15, 0.2) is 5.60 Å². The number of nitrogens with one attached hydrogen (secondary N) is 1. The Bertz CT molecular complexity index is 1520. The van der Waals surface area contributed by atoms with Crippen molar-refractivity contribution >= 4 is 28.9 Å². The van der Waals surface area contributed by atoms with Crippen molar-refractivity contribution in [2.24, 2.45) is 5.92 Å². The van der Waals surface area contributed by atoms with Crippen LogP contribution in [0, 0.1) is 5.92 Å². The number of para-hydroxylation sites is 1. The smallest absolute Gasteiger partial charge is 0.264 e. The number of carbonyl (C=O) groups excluding carboxylic acids is 2. The van der Waals surface area contributed by atoms with Gasteiger partial charge in [-0.05, 0) is 62.7 Å². The minimum absolute atomic E-state index is 0.0237. The number of benzene rings is 2. The maximum atomic E-state index is 14.2. The summed E-state index contributed by atoms with van der Waals surface area (Å²) in [5, 5.41) is 32.6. The Kier molecular flexibility index (Phi) is 7.80. The van der Waals surface area contributed by atoms with Crippen LogP contribution in [0.2, 0.25) is 0 Å². The fraction of sp³-hybridized carbons (Fsp3) is 0.438. The molecule has 2 aromatic carbocycles. The van der Waals surface area contributed by atoms with E-state index in [-0.39, 0.29) is 12.5 Å². The number of nitrogens with zero attached hydrogens (tertiary/aromatic N) is 6. The molecule has 1 aromatic heterocycles. The maximum absolute atomic E-state index is 14.2. The number of carbonyl (C=O) groups is 2. The van der Waals surface area contributed by atoms with Crippen LogP contribution in [0.25, 0.3) is 0 Å². The third-order valence-electron chi connectivity index (χ3n) is 9.20. The van der Waals surface area contributed by atoms with Crippen LogP contribution in [0.1, 0.15) is 37.4 Å². The van der Waals surface area contributed by atoms with Crippen LogP contribution < -0.4 is 20.0 Å². The number of allylic oxidation sites excluding steroid dienone is 1. The molecule has 0 radical (unpaired) electrons. The molecule has 6 rings (SSSR count). The van der Waals surface area contributed by atoms with Crippen molar-refractivity contribution in [2.45, 2.75) is 50.3 Å². The summed E-state index contributed by atoms with van der Waals surface area (Å²) in [5.41, 5.74) is 1.13. The molecule has 2 atom stereocenters. The molecule has 3 aromatic rings. The molecule has 2 fully saturated rings. The molecular formula is C32H39N7O4. The molecule has 0 bridgehead atoms. The lowest BCUT2D eigenvalue weighted by Crippen LogP contribution is -2.55. The zero-order chi connectivity index (χ0) is 30.2. The summed E-state index contributed by atoms with van der Waals surface area (Å²) < 4.78 is 1.71. The summed E-state index contributed by atoms with van der Waals surface area (Å²) in [6, 6.07) is 15.6. The lowest BCUT2D eigenvalue weighted by molar-refractivity contribution is -0.139. The van der Waals surface area contributed by atoms with Gasteiger partial charge in [0.2, 0.25) is 0 Å². The van der Waals surface area contributed by atoms with E-state index in [2.05, 4.69) is 20.5 Å². The van der Waals surface area contributed by atoms with Gasteiger partial charge < -0.3 is 25.3 Å². The van der Waals surface area contributed by atoms with E-state index in [0.717, 1.165) is 24.5 Å². The second kappa shape index (κ2) is 11.6. The number of fused-ring (bicyclic) bond motifs is 1. The predicted octanol–water partition coefficient (Wildman–Crippen LogP) is 2.19. The van der Waals surface area contributed by atoms with Crippen molar-refractivity contribution in [3.05, 3.63) is 78.1 Å². The molecule has 2 saturated heterocycles. The van der Waals surface area contributed by atoms with E-state index in [0.29, 0.717) is 55.8 Å². The van der Waals surface area contributed by atoms with Crippen LogP contribution in [0.3, 0.4) is 0 Å². The van der Waals surface area contributed by atoms with Crippen LogP contribution in [0.15, 0.2) is 66.9 Å². The largest absolute Gasteiger partial charge is 0.396 e. The van der Waals surface area contributed by atoms with Crippen molar-refractivity contribution in [3.63, 3.8) is 0 Å². The Balaban J connectivity index is 1.26. The van der Waals surface area contributed by atoms with Gasteiger partial charge in [0.25, 0.3) is 11.8 Å². The van der Waals surface area contributed by atoms with Gasteiger partial charge in [-0.1, -0.05) is 42.5 Å². The molecule has 43 heavy (non-hydrogen) atoms. The van der Waals surface area contributed by atoms with E-state index in [1.54, 1.807) is 22.8 Å². The van der Waals surface area contributed by atoms with Gasteiger partial charge in [0.1, 0.15) is 5.54 Å². The summed E-state index contributed by atoms with van der Waals surface area (Å²) in [6.07, 6.45) is 8.10. The second-order valence-electron chi connectivity index (χ2n) is 11.7. The van der Waals surface area contributed by atoms with Crippen LogP contribution in [0.5, 0.6) is 0 Å². The van der Waals surface area contributed by atoms with E-state index in [9.17, 15) is 14.7 Å². The zero-order valence-corrected chi connectivity index (χ0v) is 24.7. The molecule has 11 nitrogen and oxygen atoms in total. The van der Waals surface area contributed by atoms with Crippen molar-refractivity contribution in [1.82, 2.24) is 20.3 Å². The Morgan fingerprint density at radius 2 is 1.84 bits per heavy atom. The van der Waals surface area contributed by atoms with E-state index in [1.165, 1.54) is 4.90 Å². The van der Waals surface area contributed by atoms with E-state index in [4.69, 9.17) is 5.11 Å². The number of aromatic nitrogens is 3. The van der Waals surface area contributed by atoms with E-state index >= 15 is 0 Å². The maximum Gasteiger partial charge on any atom is 0.264 e. The summed E-state index contributed by atoms with van der Waals surface area (Å²) in [6.45, 7) is 4.35. The summed E-state index contributed by atoms with van der Waals surface area (Å²) in [7, 11) is 1.67. The zero-order valence-electron chi connectivity index (χ0n) is 24.7. The fourth-order valence-electron chi connectivity index (χ4n) is 6.70. The van der Waals surface area contributed by atoms with Gasteiger partial charge >= 0.3 is 0 Å². The molecule has 3 aliphatic heterocycles. The lowest BCUT2D eigenvalue weighted by atomic mass is 9.82. The first-order chi connectivity index (χ1) is 20.8. The molecule has 0 aliphatic carbocycles. The molecular weight excluding hydrogens is 546 g/mol. The van der Waals surface area contributed by atoms with Crippen molar-refractivity contribution in [2.75, 3.05) is 48.1 Å². The van der Waals surface area contributed by atoms with Crippen molar-refractivity contribution in [1.29, 1.82) is 0 Å². The third-order valence-corrected chi connectivity index (χ3v) is 9.20. The molecule has 3 N–H and O–H groups in total. The number of likely N-dealkylation sites (N-methyl/N-ethyl adjacent to an activating group) is 1. The molecule has 1 spiro atoms. The predicted molar refractivity (Wildman–Crippen MR) is 164 cm³/mol. The molecule has 2 amide bonds. The number of amides is 2. The normalized spacial score (nSPS) is 22.3. The quantitative estimate of drug-likeness (QED) is 0.326. The first-order valence-corrected chi connectivity index (χ1v) is 15.0. The van der Waals surface area contributed by atoms with Crippen LogP contribution in [0.4, 0.5) is 17.1 Å². The van der Waals surface area contributed by atoms with Gasteiger partial charge in [-0.15, -0.1) is 5.10 Å². The highest BCUT2D eigenvalue weighted by molar-refractivity contribution is 6.09. The molecule has 11 heteroatoms. The van der Waals surface area contributed by atoms with E-state index in [1.807, 2.05) is 67.6 Å². The number of anilines is 3. The van der Waals surface area contributed by atoms with E-state index < -0.39 is 23.0 Å². The molecule has 3 aliphatic rings. The molecule has 4 heterocycles. The number of hydrogen-bond donors (Lipinski definition) is 3. The first kappa shape index (κ1) is 29.0. The highest BCUT2D eigenvalue weighted by Gasteiger charge is 2.55. The number of piperidine rings is 1. The number of aliphatic hydroxyl groups excluding tert-OH is 1. The van der Waals surface area contributed by atoms with Gasteiger partial charge in [-0.3, -0.25) is 19.2 Å². The standard InChI is InChI=1S/C32H39N7O4/c1-23(8-6-7-18-37-21-24(13-19-40)34-35-37)32(43)27-20-26(11-12-28(27)36(2)30(32)42)38-22-39(25-9-4-3-5-10-25)31(29(38)41)14-16-33-17-15-31/h3-6,8-12,20-21,23,33,40,43H,7,13-19,22H2,1-2H3/b8-6+/t23-,32+/m1/s1. The van der Waals surface area contributed by atoms with Crippen molar-refractivity contribution < 1.29 is 19.8 Å². The average molecular weight is 586 g/mol. The minimum Gasteiger partial charge on any atom is -0.396 e. The van der Waals surface area contributed by atoms with Gasteiger partial charge in [0.05, 0.1) is 18.1 Å². The Morgan fingerprint density at radius 3 is 2.58 bits per heavy atom. The summed E-state index contributed by atoms with van der Waals surface area (Å²) in [5.74, 6) is -0.872. The van der Waals surface area contributed by atoms with Gasteiger partial charge in [-0.2, -0.15) is 0 Å². The van der Waals surface area contributed by atoms with Crippen LogP contribution in [-0.2, 0) is 28.2 Å². The highest BCUT2D eigenvalue weighted by atomic mass is 16.3. The summed E-state index contributed by atoms with van der Waals surface area (Å²) in [4.78, 5) is 33.2. The van der Waals surface area contributed by atoms with Crippen LogP contribution >= 0.6 is 0 Å². The Morgan fingerprint density at radius 1 is 1.07 bits per heavy atom. The monoisotopic (exact) mass is 585 g/mol. The topological polar surface area (TPSA) is 127 Å². The fourth-order valence-corrected chi connectivity index (χ4v) is 6.70. The Hall–Kier alpha value is -4.06. The molecule has 0 unspecified atom stereocenters. The first-order valence-electron chi connectivity index (χ1n) is 15.0. The Labute approximate surface area is 251 Å². The SMILES string of the molecule is C[C@H](/C=C/CCn1cc(CCO)nn1)[C@@]1(O)C(=O)N(C)c2ccc(N3CN(c4ccccc4)C4(CCNCC4)C3=O)cc21. The van der Waals surface area contributed by atoms with Crippen LogP contribution in [-0.4, -0.2) is 76.0 Å². The molecule has 226 valence electrons. The summed E-state index contributed by atoms with van der Waals surface area (Å²) >= 11 is 0. The number of aryl methyl sites for hydroxylation is 1. The number of hydrogen-bond acceptors (Lipinski definition) is 8. The highest BCUT2D eigenvalue weighted by Crippen LogP contribution is 2.47. The van der Waals surface area contributed by atoms with Gasteiger partial charge in [-0.25, -0.2) is 0 Å². The number of rotatable bonds is 9. The molecule has 0 saturated carbocycles. The second-order valence-corrected chi connectivity index (χ2v) is 11.7. The lowest BCUT2D eigenvalue weighted by Gasteiger charge is -2.39. The third kappa shape index (κ3) is 4.91. The van der Waals surface area contributed by atoms with Gasteiger partial charge in [0, 0.05) is 55.7 Å². The average Bonchev–Trinajstić information content (AvgIpc) is 3.65. The minimum atomic E-state index is -1.77. The van der Waals surface area contributed by atoms with Crippen molar-refractivity contribution in [3.8, 4) is 0 Å².